The highest BCUT2D eigenvalue weighted by Crippen LogP contribution is 2.41. The van der Waals surface area contributed by atoms with E-state index in [1.54, 1.807) is 22.8 Å². The Morgan fingerprint density at radius 1 is 1.00 bits per heavy atom. The lowest BCUT2D eigenvalue weighted by atomic mass is 9.83. The molecule has 1 aromatic heterocycles. The minimum Gasteiger partial charge on any atom is -0.272 e. The van der Waals surface area contributed by atoms with Crippen LogP contribution in [0, 0.1) is 5.82 Å². The molecular weight excluding hydrogens is 455 g/mol. The number of aryl methyl sites for hydroxylation is 1. The van der Waals surface area contributed by atoms with Crippen LogP contribution >= 0.6 is 22.9 Å². The maximum Gasteiger partial charge on any atom is 0.271 e. The first-order valence-corrected chi connectivity index (χ1v) is 11.9. The Kier molecular flexibility index (Phi) is 4.89. The summed E-state index contributed by atoms with van der Waals surface area (Å²) < 4.78 is 16.1. The number of allylic oxidation sites excluding steroid dienone is 1. The molecule has 1 atom stereocenters. The van der Waals surface area contributed by atoms with Crippen LogP contribution < -0.4 is 14.9 Å². The van der Waals surface area contributed by atoms with Gasteiger partial charge in [-0.1, -0.05) is 77.5 Å². The summed E-state index contributed by atoms with van der Waals surface area (Å²) in [5, 5.41) is 0.589. The van der Waals surface area contributed by atoms with Crippen LogP contribution in [-0.2, 0) is 6.42 Å². The van der Waals surface area contributed by atoms with Crippen molar-refractivity contribution in [2.75, 3.05) is 0 Å². The van der Waals surface area contributed by atoms with Crippen molar-refractivity contribution in [3.8, 4) is 0 Å². The molecule has 3 nitrogen and oxygen atoms in total. The van der Waals surface area contributed by atoms with Gasteiger partial charge in [-0.3, -0.25) is 9.36 Å². The van der Waals surface area contributed by atoms with E-state index in [-0.39, 0.29) is 17.4 Å². The number of aromatic nitrogens is 1. The summed E-state index contributed by atoms with van der Waals surface area (Å²) in [5.41, 5.74) is 5.94. The van der Waals surface area contributed by atoms with Gasteiger partial charge in [0.25, 0.3) is 5.56 Å². The topological polar surface area (TPSA) is 34.4 Å². The summed E-state index contributed by atoms with van der Waals surface area (Å²) in [6.45, 7) is 0. The summed E-state index contributed by atoms with van der Waals surface area (Å²) in [6.07, 6.45) is 3.50. The Bertz CT molecular complexity index is 1620. The molecule has 6 rings (SSSR count). The Balaban J connectivity index is 1.64. The molecule has 0 saturated carbocycles. The predicted molar refractivity (Wildman–Crippen MR) is 131 cm³/mol. The molecule has 0 bridgehead atoms. The first-order valence-electron chi connectivity index (χ1n) is 10.7. The Labute approximate surface area is 198 Å². The molecule has 4 aromatic rings. The van der Waals surface area contributed by atoms with E-state index in [9.17, 15) is 9.18 Å². The zero-order valence-electron chi connectivity index (χ0n) is 17.5. The van der Waals surface area contributed by atoms with Crippen LogP contribution in [0.3, 0.4) is 0 Å². The summed E-state index contributed by atoms with van der Waals surface area (Å²) in [4.78, 5) is 19.3. The van der Waals surface area contributed by atoms with E-state index < -0.39 is 0 Å². The number of halogens is 2. The second kappa shape index (κ2) is 7.94. The normalized spacial score (nSPS) is 17.3. The number of fused-ring (bicyclic) bond motifs is 3. The van der Waals surface area contributed by atoms with E-state index in [0.717, 1.165) is 40.8 Å². The molecule has 3 aromatic carbocycles. The van der Waals surface area contributed by atoms with E-state index in [0.29, 0.717) is 14.4 Å². The second-order valence-corrected chi connectivity index (χ2v) is 9.60. The van der Waals surface area contributed by atoms with Gasteiger partial charge in [-0.05, 0) is 59.4 Å². The van der Waals surface area contributed by atoms with Crippen molar-refractivity contribution in [3.05, 3.63) is 131 Å². The Morgan fingerprint density at radius 2 is 1.76 bits per heavy atom. The number of hydrogen-bond donors (Lipinski definition) is 0. The van der Waals surface area contributed by atoms with Crippen LogP contribution in [0.4, 0.5) is 4.39 Å². The molecule has 0 fully saturated rings. The molecular formula is C27H18ClFN2OS. The van der Waals surface area contributed by atoms with Gasteiger partial charge in [-0.15, -0.1) is 0 Å². The van der Waals surface area contributed by atoms with Gasteiger partial charge < -0.3 is 0 Å². The highest BCUT2D eigenvalue weighted by Gasteiger charge is 2.32. The van der Waals surface area contributed by atoms with Crippen LogP contribution in [0.2, 0.25) is 5.02 Å². The van der Waals surface area contributed by atoms with E-state index in [2.05, 4.69) is 12.1 Å². The summed E-state index contributed by atoms with van der Waals surface area (Å²) in [7, 11) is 0. The molecule has 33 heavy (non-hydrogen) atoms. The smallest absolute Gasteiger partial charge is 0.271 e. The summed E-state index contributed by atoms with van der Waals surface area (Å²) in [6, 6.07) is 21.8. The average molecular weight is 473 g/mol. The third kappa shape index (κ3) is 3.39. The van der Waals surface area contributed by atoms with Gasteiger partial charge >= 0.3 is 0 Å². The third-order valence-corrected chi connectivity index (χ3v) is 7.58. The minimum absolute atomic E-state index is 0.113. The lowest BCUT2D eigenvalue weighted by Crippen LogP contribution is -2.38. The lowest BCUT2D eigenvalue weighted by molar-refractivity contribution is 0.581. The fourth-order valence-corrected chi connectivity index (χ4v) is 5.88. The van der Waals surface area contributed by atoms with Crippen molar-refractivity contribution in [1.82, 2.24) is 4.57 Å². The number of hydrogen-bond acceptors (Lipinski definition) is 3. The molecule has 1 aliphatic carbocycles. The maximum atomic E-state index is 13.7. The van der Waals surface area contributed by atoms with Gasteiger partial charge in [0, 0.05) is 10.6 Å². The lowest BCUT2D eigenvalue weighted by Gasteiger charge is -2.30. The molecule has 0 radical (unpaired) electrons. The van der Waals surface area contributed by atoms with Crippen molar-refractivity contribution in [2.24, 2.45) is 4.99 Å². The van der Waals surface area contributed by atoms with E-state index in [4.69, 9.17) is 16.6 Å². The number of rotatable bonds is 2. The Hall–Kier alpha value is -3.28. The van der Waals surface area contributed by atoms with Gasteiger partial charge in [0.05, 0.1) is 16.3 Å². The van der Waals surface area contributed by atoms with Gasteiger partial charge in [-0.25, -0.2) is 9.38 Å². The summed E-state index contributed by atoms with van der Waals surface area (Å²) >= 11 is 7.70. The van der Waals surface area contributed by atoms with Crippen LogP contribution in [0.1, 0.15) is 34.7 Å². The van der Waals surface area contributed by atoms with Gasteiger partial charge in [0.1, 0.15) is 5.82 Å². The van der Waals surface area contributed by atoms with Gasteiger partial charge in [-0.2, -0.15) is 0 Å². The standard InChI is InChI=1S/C27H18ClFN2OS/c28-22-8-4-2-6-18(22)15-23-26(32)31-25(17-9-12-19(29)13-10-17)21-14-11-16-5-1-3-7-20(16)24(21)30-27(31)33-23/h1-10,12-13,15,25H,11,14H2/b23-15-/t25-/m0/s1. The number of thiazole rings is 1. The molecule has 0 N–H and O–H groups in total. The molecule has 6 heteroatoms. The van der Waals surface area contributed by atoms with Crippen LogP contribution in [0.25, 0.3) is 11.8 Å². The van der Waals surface area contributed by atoms with E-state index in [1.165, 1.54) is 29.0 Å². The average Bonchev–Trinajstić information content (AvgIpc) is 3.14. The fraction of sp³-hybridized carbons (Fsp3) is 0.111. The molecule has 1 aliphatic heterocycles. The van der Waals surface area contributed by atoms with Crippen molar-refractivity contribution in [2.45, 2.75) is 18.9 Å². The first kappa shape index (κ1) is 20.3. The number of nitrogens with zero attached hydrogens (tertiary/aromatic N) is 2. The SMILES string of the molecule is O=c1/c(=C/c2ccccc2Cl)sc2n1[C@@H](c1ccc(F)cc1)C1=C(N=2)c2ccccc2CC1. The third-order valence-electron chi connectivity index (χ3n) is 6.25. The van der Waals surface area contributed by atoms with Crippen molar-refractivity contribution in [3.63, 3.8) is 0 Å². The van der Waals surface area contributed by atoms with Crippen molar-refractivity contribution >= 4 is 34.7 Å². The monoisotopic (exact) mass is 472 g/mol. The van der Waals surface area contributed by atoms with Crippen LogP contribution in [0.5, 0.6) is 0 Å². The van der Waals surface area contributed by atoms with Crippen LogP contribution in [0.15, 0.2) is 88.2 Å². The second-order valence-electron chi connectivity index (χ2n) is 8.19. The molecule has 0 spiro atoms. The summed E-state index contributed by atoms with van der Waals surface area (Å²) in [5.74, 6) is -0.298. The fourth-order valence-electron chi connectivity index (χ4n) is 4.70. The Morgan fingerprint density at radius 3 is 2.58 bits per heavy atom. The van der Waals surface area contributed by atoms with Gasteiger partial charge in [0.15, 0.2) is 4.80 Å². The van der Waals surface area contributed by atoms with Gasteiger partial charge in [0.2, 0.25) is 0 Å². The highest BCUT2D eigenvalue weighted by molar-refractivity contribution is 7.07. The predicted octanol–water partition coefficient (Wildman–Crippen LogP) is 5.11. The molecule has 2 aliphatic rings. The zero-order chi connectivity index (χ0) is 22.5. The van der Waals surface area contributed by atoms with E-state index >= 15 is 0 Å². The van der Waals surface area contributed by atoms with Crippen molar-refractivity contribution < 1.29 is 4.39 Å². The molecule has 0 amide bonds. The quantitative estimate of drug-likeness (QED) is 0.399. The molecule has 0 saturated heterocycles. The molecule has 2 heterocycles. The van der Waals surface area contributed by atoms with E-state index in [1.807, 2.05) is 36.4 Å². The van der Waals surface area contributed by atoms with Crippen LogP contribution in [-0.4, -0.2) is 4.57 Å². The first-order chi connectivity index (χ1) is 16.1. The van der Waals surface area contributed by atoms with Crippen molar-refractivity contribution in [1.29, 1.82) is 0 Å². The largest absolute Gasteiger partial charge is 0.272 e. The number of benzene rings is 3. The molecule has 0 unspecified atom stereocenters. The maximum absolute atomic E-state index is 13.7. The zero-order valence-corrected chi connectivity index (χ0v) is 19.0. The molecule has 162 valence electrons. The highest BCUT2D eigenvalue weighted by atomic mass is 35.5. The minimum atomic E-state index is -0.321.